The lowest BCUT2D eigenvalue weighted by Gasteiger charge is -2.23. The summed E-state index contributed by atoms with van der Waals surface area (Å²) in [4.78, 5) is 30.2. The number of aromatic nitrogens is 2. The number of carbonyl (C=O) groups is 2. The molecule has 0 spiro atoms. The fraction of sp³-hybridized carbons (Fsp3) is 0.0952. The van der Waals surface area contributed by atoms with Crippen molar-refractivity contribution in [2.45, 2.75) is 12.5 Å². The number of carbonyl (C=O) groups excluding carboxylic acids is 2. The first-order valence-corrected chi connectivity index (χ1v) is 9.68. The molecule has 6 nitrogen and oxygen atoms in total. The maximum absolute atomic E-state index is 12.6. The van der Waals surface area contributed by atoms with Crippen molar-refractivity contribution in [2.75, 3.05) is 5.32 Å². The highest BCUT2D eigenvalue weighted by Gasteiger charge is 2.31. The summed E-state index contributed by atoms with van der Waals surface area (Å²) >= 11 is 1.58. The van der Waals surface area contributed by atoms with E-state index in [1.54, 1.807) is 23.5 Å². The van der Waals surface area contributed by atoms with Crippen LogP contribution in [0, 0.1) is 0 Å². The van der Waals surface area contributed by atoms with E-state index in [1.807, 2.05) is 58.6 Å². The van der Waals surface area contributed by atoms with Crippen LogP contribution in [0.4, 0.5) is 5.69 Å². The Balaban J connectivity index is 1.30. The van der Waals surface area contributed by atoms with Crippen molar-refractivity contribution >= 4 is 33.9 Å². The summed E-state index contributed by atoms with van der Waals surface area (Å²) < 4.78 is 7.28. The predicted molar refractivity (Wildman–Crippen MR) is 106 cm³/mol. The summed E-state index contributed by atoms with van der Waals surface area (Å²) in [5, 5.41) is 4.81. The molecule has 0 radical (unpaired) electrons. The summed E-state index contributed by atoms with van der Waals surface area (Å²) in [6.45, 7) is 0. The van der Waals surface area contributed by atoms with Crippen molar-refractivity contribution < 1.29 is 14.3 Å². The number of ether oxygens (including phenoxy) is 1. The van der Waals surface area contributed by atoms with Crippen LogP contribution < -0.4 is 5.32 Å². The van der Waals surface area contributed by atoms with E-state index in [0.717, 1.165) is 21.8 Å². The zero-order chi connectivity index (χ0) is 19.1. The number of nitrogens with zero attached hydrogens (tertiary/aromatic N) is 2. The van der Waals surface area contributed by atoms with E-state index in [0.29, 0.717) is 17.7 Å². The van der Waals surface area contributed by atoms with Gasteiger partial charge < -0.3 is 10.1 Å². The lowest BCUT2D eigenvalue weighted by atomic mass is 9.98. The average Bonchev–Trinajstić information content (AvgIpc) is 3.31. The van der Waals surface area contributed by atoms with Crippen molar-refractivity contribution in [3.8, 4) is 11.3 Å². The van der Waals surface area contributed by atoms with Crippen molar-refractivity contribution in [3.05, 3.63) is 77.4 Å². The number of imidazole rings is 1. The van der Waals surface area contributed by atoms with Crippen LogP contribution in [0.3, 0.4) is 0 Å². The lowest BCUT2D eigenvalue weighted by molar-refractivity contribution is -0.125. The Hall–Kier alpha value is -3.45. The first-order chi connectivity index (χ1) is 13.7. The Bertz CT molecular complexity index is 1160. The van der Waals surface area contributed by atoms with Crippen molar-refractivity contribution in [1.29, 1.82) is 0 Å². The SMILES string of the molecule is O=C1OC(C(=O)Nc2ccc(-c3cn4ccsc4n3)cc2)Cc2ccccc21. The van der Waals surface area contributed by atoms with Gasteiger partial charge in [0.1, 0.15) is 0 Å². The molecule has 7 heteroatoms. The van der Waals surface area contributed by atoms with E-state index in [-0.39, 0.29) is 5.91 Å². The van der Waals surface area contributed by atoms with Crippen molar-refractivity contribution in [3.63, 3.8) is 0 Å². The Kier molecular flexibility index (Phi) is 3.95. The Morgan fingerprint density at radius 3 is 2.82 bits per heavy atom. The first kappa shape index (κ1) is 16.7. The van der Waals surface area contributed by atoms with Crippen molar-refractivity contribution in [2.24, 2.45) is 0 Å². The number of benzene rings is 2. The normalized spacial score (nSPS) is 15.9. The third-order valence-electron chi connectivity index (χ3n) is 4.73. The van der Waals surface area contributed by atoms with Gasteiger partial charge in [0, 0.05) is 35.4 Å². The Labute approximate surface area is 164 Å². The molecule has 1 atom stereocenters. The van der Waals surface area contributed by atoms with Gasteiger partial charge in [0.05, 0.1) is 11.3 Å². The lowest BCUT2D eigenvalue weighted by Crippen LogP contribution is -2.37. The number of anilines is 1. The van der Waals surface area contributed by atoms with E-state index in [2.05, 4.69) is 10.3 Å². The second-order valence-electron chi connectivity index (χ2n) is 6.54. The van der Waals surface area contributed by atoms with Crippen LogP contribution in [-0.2, 0) is 16.0 Å². The molecule has 138 valence electrons. The predicted octanol–water partition coefficient (Wildman–Crippen LogP) is 3.78. The van der Waals surface area contributed by atoms with Crippen LogP contribution in [0.5, 0.6) is 0 Å². The third-order valence-corrected chi connectivity index (χ3v) is 5.50. The van der Waals surface area contributed by atoms with Gasteiger partial charge in [-0.25, -0.2) is 9.78 Å². The smallest absolute Gasteiger partial charge is 0.339 e. The van der Waals surface area contributed by atoms with Crippen LogP contribution in [0.2, 0.25) is 0 Å². The number of esters is 1. The molecular weight excluding hydrogens is 374 g/mol. The summed E-state index contributed by atoms with van der Waals surface area (Å²) in [7, 11) is 0. The van der Waals surface area contributed by atoms with Gasteiger partial charge >= 0.3 is 5.97 Å². The Morgan fingerprint density at radius 2 is 2.00 bits per heavy atom. The third kappa shape index (κ3) is 2.95. The van der Waals surface area contributed by atoms with Gasteiger partial charge in [0.2, 0.25) is 0 Å². The quantitative estimate of drug-likeness (QED) is 0.541. The summed E-state index contributed by atoms with van der Waals surface area (Å²) in [6, 6.07) is 14.6. The maximum atomic E-state index is 12.6. The number of amides is 1. The summed E-state index contributed by atoms with van der Waals surface area (Å²) in [6.07, 6.45) is 3.48. The molecule has 0 saturated carbocycles. The fourth-order valence-corrected chi connectivity index (χ4v) is 3.99. The molecule has 0 aliphatic carbocycles. The van der Waals surface area contributed by atoms with E-state index in [1.165, 1.54) is 0 Å². The minimum atomic E-state index is -0.831. The molecule has 2 aromatic heterocycles. The van der Waals surface area contributed by atoms with Crippen LogP contribution in [0.1, 0.15) is 15.9 Å². The zero-order valence-electron chi connectivity index (χ0n) is 14.7. The molecule has 4 aromatic rings. The fourth-order valence-electron chi connectivity index (χ4n) is 3.29. The van der Waals surface area contributed by atoms with Gasteiger partial charge in [0.15, 0.2) is 11.1 Å². The van der Waals surface area contributed by atoms with E-state index < -0.39 is 12.1 Å². The van der Waals surface area contributed by atoms with Gasteiger partial charge in [-0.2, -0.15) is 0 Å². The highest BCUT2D eigenvalue weighted by molar-refractivity contribution is 7.15. The van der Waals surface area contributed by atoms with Gasteiger partial charge in [-0.05, 0) is 23.8 Å². The number of rotatable bonds is 3. The molecular formula is C21H15N3O3S. The maximum Gasteiger partial charge on any atom is 0.339 e. The zero-order valence-corrected chi connectivity index (χ0v) is 15.5. The number of thiazole rings is 1. The second-order valence-corrected chi connectivity index (χ2v) is 7.41. The van der Waals surface area contributed by atoms with Crippen LogP contribution in [-0.4, -0.2) is 27.4 Å². The minimum Gasteiger partial charge on any atom is -0.448 e. The van der Waals surface area contributed by atoms with E-state index in [9.17, 15) is 9.59 Å². The van der Waals surface area contributed by atoms with Gasteiger partial charge in [-0.15, -0.1) is 11.3 Å². The van der Waals surface area contributed by atoms with Crippen LogP contribution in [0.15, 0.2) is 66.3 Å². The Morgan fingerprint density at radius 1 is 1.18 bits per heavy atom. The molecule has 5 rings (SSSR count). The number of fused-ring (bicyclic) bond motifs is 2. The highest BCUT2D eigenvalue weighted by atomic mass is 32.1. The van der Waals surface area contributed by atoms with Gasteiger partial charge in [-0.1, -0.05) is 30.3 Å². The molecule has 1 aliphatic heterocycles. The second kappa shape index (κ2) is 6.61. The minimum absolute atomic E-state index is 0.335. The highest BCUT2D eigenvalue weighted by Crippen LogP contribution is 2.24. The summed E-state index contributed by atoms with van der Waals surface area (Å²) in [5.74, 6) is -0.796. The molecule has 3 heterocycles. The van der Waals surface area contributed by atoms with Gasteiger partial charge in [0.25, 0.3) is 5.91 Å². The number of hydrogen-bond acceptors (Lipinski definition) is 5. The number of nitrogens with one attached hydrogen (secondary N) is 1. The van der Waals surface area contributed by atoms with E-state index in [4.69, 9.17) is 4.74 Å². The molecule has 28 heavy (non-hydrogen) atoms. The molecule has 1 amide bonds. The summed E-state index contributed by atoms with van der Waals surface area (Å²) in [5.41, 5.74) is 3.84. The largest absolute Gasteiger partial charge is 0.448 e. The number of cyclic esters (lactones) is 1. The molecule has 0 fully saturated rings. The molecule has 1 N–H and O–H groups in total. The molecule has 2 aromatic carbocycles. The molecule has 1 unspecified atom stereocenters. The van der Waals surface area contributed by atoms with E-state index >= 15 is 0 Å². The topological polar surface area (TPSA) is 72.7 Å². The molecule has 0 saturated heterocycles. The standard InChI is InChI=1S/C21H15N3O3S/c25-19(18-11-14-3-1-2-4-16(14)20(26)27-18)22-15-7-5-13(6-8-15)17-12-24-9-10-28-21(24)23-17/h1-10,12,18H,11H2,(H,22,25). The first-order valence-electron chi connectivity index (χ1n) is 8.80. The number of hydrogen-bond donors (Lipinski definition) is 1. The molecule has 1 aliphatic rings. The van der Waals surface area contributed by atoms with Crippen LogP contribution >= 0.6 is 11.3 Å². The monoisotopic (exact) mass is 389 g/mol. The average molecular weight is 389 g/mol. The van der Waals surface area contributed by atoms with Crippen molar-refractivity contribution in [1.82, 2.24) is 9.38 Å². The van der Waals surface area contributed by atoms with Gasteiger partial charge in [-0.3, -0.25) is 9.20 Å². The van der Waals surface area contributed by atoms with Crippen LogP contribution in [0.25, 0.3) is 16.2 Å². The molecule has 0 bridgehead atoms.